The number of hydrogen-bond donors (Lipinski definition) is 1. The van der Waals surface area contributed by atoms with Crippen LogP contribution in [0, 0.1) is 0 Å². The summed E-state index contributed by atoms with van der Waals surface area (Å²) in [5, 5.41) is 4.18. The van der Waals surface area contributed by atoms with Crippen LogP contribution in [0.5, 0.6) is 0 Å². The molecule has 4 rings (SSSR count). The molecule has 0 aliphatic carbocycles. The minimum Gasteiger partial charge on any atom is -0.449 e. The van der Waals surface area contributed by atoms with Crippen molar-refractivity contribution in [3.63, 3.8) is 0 Å². The Hall–Kier alpha value is -4.03. The molecule has 0 unspecified atom stereocenters. The molecular formula is C27H21ClN2O4. The Labute approximate surface area is 201 Å². The number of benzene rings is 3. The van der Waals surface area contributed by atoms with Crippen LogP contribution >= 0.6 is 11.6 Å². The molecule has 1 atom stereocenters. The summed E-state index contributed by atoms with van der Waals surface area (Å²) in [5.74, 6) is -1.37. The first-order valence-electron chi connectivity index (χ1n) is 10.7. The van der Waals surface area contributed by atoms with Crippen LogP contribution in [0.1, 0.15) is 34.9 Å². The van der Waals surface area contributed by atoms with Gasteiger partial charge in [0.15, 0.2) is 6.10 Å². The number of nitrogens with one attached hydrogen (secondary N) is 1. The molecule has 0 bridgehead atoms. The van der Waals surface area contributed by atoms with Crippen molar-refractivity contribution in [2.75, 3.05) is 5.32 Å². The topological polar surface area (TPSA) is 85.4 Å². The number of ketones is 1. The Morgan fingerprint density at radius 2 is 1.59 bits per heavy atom. The Morgan fingerprint density at radius 3 is 2.35 bits per heavy atom. The van der Waals surface area contributed by atoms with E-state index in [-0.39, 0.29) is 24.5 Å². The molecule has 0 saturated carbocycles. The third-order valence-corrected chi connectivity index (χ3v) is 5.43. The normalized spacial score (nSPS) is 11.6. The zero-order valence-electron chi connectivity index (χ0n) is 18.1. The standard InChI is InChI=1S/C27H21ClN2O4/c28-21-13-11-20(12-14-21)27(26(33)19-6-2-1-3-7-19)34-24(32)16-15-23(31)30-22-10-4-8-18-9-5-17-29-25(18)22/h1-14,17,27H,15-16H2,(H,30,31)/t27-/m1/s1. The summed E-state index contributed by atoms with van der Waals surface area (Å²) in [6.07, 6.45) is 0.221. The summed E-state index contributed by atoms with van der Waals surface area (Å²) in [6.45, 7) is 0. The molecule has 6 nitrogen and oxygen atoms in total. The monoisotopic (exact) mass is 472 g/mol. The highest BCUT2D eigenvalue weighted by atomic mass is 35.5. The summed E-state index contributed by atoms with van der Waals surface area (Å²) >= 11 is 5.96. The van der Waals surface area contributed by atoms with Crippen molar-refractivity contribution in [3.05, 3.63) is 107 Å². The lowest BCUT2D eigenvalue weighted by atomic mass is 10.00. The summed E-state index contributed by atoms with van der Waals surface area (Å²) in [7, 11) is 0. The first-order valence-corrected chi connectivity index (χ1v) is 11.1. The molecule has 0 radical (unpaired) electrons. The summed E-state index contributed by atoms with van der Waals surface area (Å²) in [6, 6.07) is 24.3. The maximum absolute atomic E-state index is 13.1. The number of hydrogen-bond acceptors (Lipinski definition) is 5. The SMILES string of the molecule is O=C(CCC(=O)O[C@@H](C(=O)c1ccccc1)c1ccc(Cl)cc1)Nc1cccc2cccnc12. The van der Waals surface area contributed by atoms with Gasteiger partial charge in [-0.05, 0) is 24.3 Å². The number of esters is 1. The van der Waals surface area contributed by atoms with E-state index in [4.69, 9.17) is 16.3 Å². The first-order chi connectivity index (χ1) is 16.5. The number of nitrogens with zero attached hydrogens (tertiary/aromatic N) is 1. The molecular weight excluding hydrogens is 452 g/mol. The molecule has 4 aromatic rings. The number of fused-ring (bicyclic) bond motifs is 1. The van der Waals surface area contributed by atoms with Crippen LogP contribution in [0.4, 0.5) is 5.69 Å². The zero-order chi connectivity index (χ0) is 23.9. The number of carbonyl (C=O) groups excluding carboxylic acids is 3. The quantitative estimate of drug-likeness (QED) is 0.260. The number of halogens is 1. The van der Waals surface area contributed by atoms with E-state index in [0.717, 1.165) is 5.39 Å². The van der Waals surface area contributed by atoms with Crippen molar-refractivity contribution >= 4 is 45.9 Å². The van der Waals surface area contributed by atoms with E-state index < -0.39 is 12.1 Å². The van der Waals surface area contributed by atoms with Crippen molar-refractivity contribution in [3.8, 4) is 0 Å². The molecule has 0 aliphatic heterocycles. The van der Waals surface area contributed by atoms with Gasteiger partial charge in [0.25, 0.3) is 0 Å². The maximum Gasteiger partial charge on any atom is 0.307 e. The Kier molecular flexibility index (Phi) is 7.30. The van der Waals surface area contributed by atoms with Gasteiger partial charge in [-0.25, -0.2) is 0 Å². The molecule has 0 spiro atoms. The summed E-state index contributed by atoms with van der Waals surface area (Å²) < 4.78 is 5.54. The highest BCUT2D eigenvalue weighted by Crippen LogP contribution is 2.25. The smallest absolute Gasteiger partial charge is 0.307 e. The molecule has 7 heteroatoms. The van der Waals surface area contributed by atoms with Crippen LogP contribution in [0.15, 0.2) is 91.1 Å². The molecule has 1 heterocycles. The summed E-state index contributed by atoms with van der Waals surface area (Å²) in [4.78, 5) is 42.5. The molecule has 34 heavy (non-hydrogen) atoms. The lowest BCUT2D eigenvalue weighted by Crippen LogP contribution is -2.21. The minimum atomic E-state index is -1.14. The van der Waals surface area contributed by atoms with Crippen molar-refractivity contribution < 1.29 is 19.1 Å². The fourth-order valence-electron chi connectivity index (χ4n) is 3.49. The van der Waals surface area contributed by atoms with E-state index in [1.807, 2.05) is 24.3 Å². The van der Waals surface area contributed by atoms with Crippen LogP contribution in [0.3, 0.4) is 0 Å². The van der Waals surface area contributed by atoms with Crippen LogP contribution < -0.4 is 5.32 Å². The van der Waals surface area contributed by atoms with Crippen molar-refractivity contribution in [2.45, 2.75) is 18.9 Å². The predicted molar refractivity (Wildman–Crippen MR) is 131 cm³/mol. The molecule has 1 N–H and O–H groups in total. The third kappa shape index (κ3) is 5.66. The van der Waals surface area contributed by atoms with Gasteiger partial charge in [-0.3, -0.25) is 19.4 Å². The number of ether oxygens (including phenoxy) is 1. The van der Waals surface area contributed by atoms with E-state index in [0.29, 0.717) is 27.4 Å². The number of aromatic nitrogens is 1. The fourth-order valence-corrected chi connectivity index (χ4v) is 3.61. The second-order valence-corrected chi connectivity index (χ2v) is 8.02. The van der Waals surface area contributed by atoms with Gasteiger partial charge in [0.1, 0.15) is 0 Å². The molecule has 0 aliphatic rings. The van der Waals surface area contributed by atoms with Crippen molar-refractivity contribution in [2.24, 2.45) is 0 Å². The van der Waals surface area contributed by atoms with Gasteiger partial charge in [-0.2, -0.15) is 0 Å². The predicted octanol–water partition coefficient (Wildman–Crippen LogP) is 5.77. The highest BCUT2D eigenvalue weighted by Gasteiger charge is 2.26. The first kappa shape index (κ1) is 23.1. The number of amides is 1. The van der Waals surface area contributed by atoms with Crippen LogP contribution in [-0.2, 0) is 14.3 Å². The molecule has 3 aromatic carbocycles. The molecule has 1 amide bonds. The Bertz CT molecular complexity index is 1320. The van der Waals surface area contributed by atoms with Gasteiger partial charge in [0.2, 0.25) is 11.7 Å². The van der Waals surface area contributed by atoms with Crippen LogP contribution in [0.25, 0.3) is 10.9 Å². The van der Waals surface area contributed by atoms with Crippen LogP contribution in [-0.4, -0.2) is 22.6 Å². The average Bonchev–Trinajstić information content (AvgIpc) is 2.87. The van der Waals surface area contributed by atoms with Crippen molar-refractivity contribution in [1.82, 2.24) is 4.98 Å². The number of rotatable bonds is 8. The van der Waals surface area contributed by atoms with Gasteiger partial charge in [0, 0.05) is 34.2 Å². The maximum atomic E-state index is 13.1. The minimum absolute atomic E-state index is 0.102. The zero-order valence-corrected chi connectivity index (χ0v) is 18.9. The fraction of sp³-hybridized carbons (Fsp3) is 0.111. The third-order valence-electron chi connectivity index (χ3n) is 5.18. The lowest BCUT2D eigenvalue weighted by Gasteiger charge is -2.17. The Balaban J connectivity index is 1.42. The number of pyridine rings is 1. The van der Waals surface area contributed by atoms with Gasteiger partial charge < -0.3 is 10.1 Å². The van der Waals surface area contributed by atoms with E-state index in [1.165, 1.54) is 0 Å². The summed E-state index contributed by atoms with van der Waals surface area (Å²) in [5.41, 5.74) is 2.14. The van der Waals surface area contributed by atoms with Crippen molar-refractivity contribution in [1.29, 1.82) is 0 Å². The van der Waals surface area contributed by atoms with E-state index >= 15 is 0 Å². The molecule has 1 aromatic heterocycles. The molecule has 0 saturated heterocycles. The average molecular weight is 473 g/mol. The number of para-hydroxylation sites is 1. The van der Waals surface area contributed by atoms with Gasteiger partial charge >= 0.3 is 5.97 Å². The van der Waals surface area contributed by atoms with Gasteiger partial charge in [-0.1, -0.05) is 72.3 Å². The van der Waals surface area contributed by atoms with Gasteiger partial charge in [0.05, 0.1) is 17.6 Å². The molecule has 0 fully saturated rings. The molecule has 170 valence electrons. The largest absolute Gasteiger partial charge is 0.449 e. The Morgan fingerprint density at radius 1 is 0.853 bits per heavy atom. The highest BCUT2D eigenvalue weighted by molar-refractivity contribution is 6.30. The second-order valence-electron chi connectivity index (χ2n) is 7.58. The van der Waals surface area contributed by atoms with E-state index in [2.05, 4.69) is 10.3 Å². The van der Waals surface area contributed by atoms with Crippen LogP contribution in [0.2, 0.25) is 5.02 Å². The number of Topliss-reactive ketones (excluding diaryl/α,β-unsaturated/α-hetero) is 1. The van der Waals surface area contributed by atoms with Gasteiger partial charge in [-0.15, -0.1) is 0 Å². The second kappa shape index (κ2) is 10.7. The number of anilines is 1. The van der Waals surface area contributed by atoms with E-state index in [1.54, 1.807) is 66.9 Å². The lowest BCUT2D eigenvalue weighted by molar-refractivity contribution is -0.148. The number of carbonyl (C=O) groups is 3. The van der Waals surface area contributed by atoms with E-state index in [9.17, 15) is 14.4 Å².